The summed E-state index contributed by atoms with van der Waals surface area (Å²) in [5.74, 6) is -0.562. The number of carboxylic acids is 1. The van der Waals surface area contributed by atoms with Crippen molar-refractivity contribution in [2.45, 2.75) is 13.3 Å². The highest BCUT2D eigenvalue weighted by Crippen LogP contribution is 2.26. The number of benzene rings is 2. The largest absolute Gasteiger partial charge is 0.478 e. The first-order valence-corrected chi connectivity index (χ1v) is 6.41. The monoisotopic (exact) mass is 267 g/mol. The molecule has 0 aliphatic rings. The second-order valence-electron chi connectivity index (χ2n) is 4.53. The third kappa shape index (κ3) is 2.05. The fourth-order valence-electron chi connectivity index (χ4n) is 2.13. The van der Waals surface area contributed by atoms with Gasteiger partial charge in [0.1, 0.15) is 5.52 Å². The molecule has 0 unspecified atom stereocenters. The Morgan fingerprint density at radius 1 is 1.20 bits per heavy atom. The van der Waals surface area contributed by atoms with Crippen LogP contribution in [0.3, 0.4) is 0 Å². The fraction of sp³-hybridized carbons (Fsp3) is 0.125. The molecule has 0 saturated carbocycles. The second-order valence-corrected chi connectivity index (χ2v) is 4.53. The highest BCUT2D eigenvalue weighted by atomic mass is 16.4. The summed E-state index contributed by atoms with van der Waals surface area (Å²) in [4.78, 5) is 15.5. The number of para-hydroxylation sites is 1. The molecule has 4 nitrogen and oxygen atoms in total. The van der Waals surface area contributed by atoms with Crippen LogP contribution in [0.4, 0.5) is 0 Å². The Balaban J connectivity index is 2.12. The Morgan fingerprint density at radius 2 is 1.95 bits per heavy atom. The number of carboxylic acid groups (broad SMARTS) is 1. The lowest BCUT2D eigenvalue weighted by atomic mass is 10.1. The number of fused-ring (bicyclic) bond motifs is 1. The molecule has 1 heterocycles. The molecule has 0 spiro atoms. The van der Waals surface area contributed by atoms with Crippen LogP contribution < -0.4 is 0 Å². The van der Waals surface area contributed by atoms with Gasteiger partial charge in [-0.3, -0.25) is 0 Å². The molecule has 0 amide bonds. The average molecular weight is 267 g/mol. The molecule has 4 heteroatoms. The Hall–Kier alpha value is -2.62. The Labute approximate surface area is 115 Å². The molecule has 20 heavy (non-hydrogen) atoms. The predicted molar refractivity (Wildman–Crippen MR) is 75.8 cm³/mol. The third-order valence-corrected chi connectivity index (χ3v) is 3.26. The van der Waals surface area contributed by atoms with Gasteiger partial charge in [-0.25, -0.2) is 9.78 Å². The van der Waals surface area contributed by atoms with Crippen LogP contribution in [0.25, 0.3) is 22.6 Å². The van der Waals surface area contributed by atoms with Crippen LogP contribution in [-0.2, 0) is 6.42 Å². The van der Waals surface area contributed by atoms with Crippen LogP contribution in [0.2, 0.25) is 0 Å². The van der Waals surface area contributed by atoms with Crippen LogP contribution in [-0.4, -0.2) is 16.1 Å². The summed E-state index contributed by atoms with van der Waals surface area (Å²) in [6, 6.07) is 12.8. The number of aryl methyl sites for hydroxylation is 1. The first-order valence-electron chi connectivity index (χ1n) is 6.41. The highest BCUT2D eigenvalue weighted by molar-refractivity contribution is 6.00. The standard InChI is InChI=1S/C16H13NO3/c1-2-10-6-8-11(9-7-10)15-17-14-12(16(18)19)4-3-5-13(14)20-15/h3-9H,2H2,1H3,(H,18,19). The molecule has 2 aromatic carbocycles. The zero-order valence-electron chi connectivity index (χ0n) is 11.0. The minimum absolute atomic E-state index is 0.155. The van der Waals surface area contributed by atoms with Crippen molar-refractivity contribution in [3.63, 3.8) is 0 Å². The van der Waals surface area contributed by atoms with E-state index in [0.717, 1.165) is 12.0 Å². The summed E-state index contributed by atoms with van der Waals surface area (Å²) in [7, 11) is 0. The van der Waals surface area contributed by atoms with Crippen molar-refractivity contribution >= 4 is 17.1 Å². The van der Waals surface area contributed by atoms with Gasteiger partial charge < -0.3 is 9.52 Å². The first kappa shape index (κ1) is 12.4. The molecule has 0 bridgehead atoms. The Morgan fingerprint density at radius 3 is 2.60 bits per heavy atom. The van der Waals surface area contributed by atoms with Crippen LogP contribution in [0.5, 0.6) is 0 Å². The van der Waals surface area contributed by atoms with Crippen molar-refractivity contribution in [2.24, 2.45) is 0 Å². The molecule has 1 N–H and O–H groups in total. The SMILES string of the molecule is CCc1ccc(-c2nc3c(C(=O)O)cccc3o2)cc1. The van der Waals surface area contributed by atoms with E-state index >= 15 is 0 Å². The molecule has 0 aliphatic carbocycles. The van der Waals surface area contributed by atoms with Gasteiger partial charge in [-0.15, -0.1) is 0 Å². The van der Waals surface area contributed by atoms with E-state index in [-0.39, 0.29) is 5.56 Å². The van der Waals surface area contributed by atoms with Crippen LogP contribution in [0.15, 0.2) is 46.9 Å². The van der Waals surface area contributed by atoms with E-state index < -0.39 is 5.97 Å². The maximum atomic E-state index is 11.2. The minimum atomic E-state index is -1.00. The smallest absolute Gasteiger partial charge is 0.338 e. The third-order valence-electron chi connectivity index (χ3n) is 3.26. The van der Waals surface area contributed by atoms with Gasteiger partial charge in [-0.1, -0.05) is 25.1 Å². The topological polar surface area (TPSA) is 63.3 Å². The van der Waals surface area contributed by atoms with Gasteiger partial charge in [0.05, 0.1) is 5.56 Å². The van der Waals surface area contributed by atoms with Gasteiger partial charge in [-0.2, -0.15) is 0 Å². The molecule has 1 aromatic heterocycles. The lowest BCUT2D eigenvalue weighted by molar-refractivity contribution is 0.0699. The van der Waals surface area contributed by atoms with E-state index in [1.54, 1.807) is 12.1 Å². The van der Waals surface area contributed by atoms with E-state index in [9.17, 15) is 4.79 Å². The number of hydrogen-bond acceptors (Lipinski definition) is 3. The summed E-state index contributed by atoms with van der Waals surface area (Å²) in [6.45, 7) is 2.09. The molecule has 0 aliphatic heterocycles. The predicted octanol–water partition coefficient (Wildman–Crippen LogP) is 3.76. The number of carbonyl (C=O) groups is 1. The van der Waals surface area contributed by atoms with Gasteiger partial charge >= 0.3 is 5.97 Å². The van der Waals surface area contributed by atoms with Crippen molar-refractivity contribution in [1.82, 2.24) is 4.98 Å². The van der Waals surface area contributed by atoms with Crippen molar-refractivity contribution in [3.05, 3.63) is 53.6 Å². The molecule has 3 rings (SSSR count). The number of hydrogen-bond donors (Lipinski definition) is 1. The molecule has 100 valence electrons. The lowest BCUT2D eigenvalue weighted by Crippen LogP contribution is -1.96. The highest BCUT2D eigenvalue weighted by Gasteiger charge is 2.15. The van der Waals surface area contributed by atoms with Gasteiger partial charge in [0.2, 0.25) is 5.89 Å². The molecular formula is C16H13NO3. The van der Waals surface area contributed by atoms with Crippen molar-refractivity contribution < 1.29 is 14.3 Å². The second kappa shape index (κ2) is 4.81. The summed E-state index contributed by atoms with van der Waals surface area (Å²) in [6.07, 6.45) is 0.969. The normalized spacial score (nSPS) is 10.8. The van der Waals surface area contributed by atoms with Crippen LogP contribution in [0, 0.1) is 0 Å². The van der Waals surface area contributed by atoms with Crippen LogP contribution >= 0.6 is 0 Å². The van der Waals surface area contributed by atoms with E-state index in [1.165, 1.54) is 11.6 Å². The summed E-state index contributed by atoms with van der Waals surface area (Å²) in [5.41, 5.74) is 3.10. The fourth-order valence-corrected chi connectivity index (χ4v) is 2.13. The summed E-state index contributed by atoms with van der Waals surface area (Å²) in [5, 5.41) is 9.15. The van der Waals surface area contributed by atoms with Gasteiger partial charge in [0.25, 0.3) is 0 Å². The van der Waals surface area contributed by atoms with Crippen molar-refractivity contribution in [2.75, 3.05) is 0 Å². The first-order chi connectivity index (χ1) is 9.69. The maximum Gasteiger partial charge on any atom is 0.338 e. The zero-order valence-corrected chi connectivity index (χ0v) is 11.0. The van der Waals surface area contributed by atoms with E-state index in [2.05, 4.69) is 11.9 Å². The average Bonchev–Trinajstić information content (AvgIpc) is 2.90. The molecule has 0 fully saturated rings. The molecular weight excluding hydrogens is 254 g/mol. The van der Waals surface area contributed by atoms with E-state index in [0.29, 0.717) is 17.0 Å². The summed E-state index contributed by atoms with van der Waals surface area (Å²) >= 11 is 0. The number of oxazole rings is 1. The summed E-state index contributed by atoms with van der Waals surface area (Å²) < 4.78 is 5.64. The number of aromatic nitrogens is 1. The number of rotatable bonds is 3. The molecule has 3 aromatic rings. The van der Waals surface area contributed by atoms with Crippen molar-refractivity contribution in [3.8, 4) is 11.5 Å². The van der Waals surface area contributed by atoms with E-state index in [1.807, 2.05) is 24.3 Å². The molecule has 0 saturated heterocycles. The van der Waals surface area contributed by atoms with E-state index in [4.69, 9.17) is 9.52 Å². The van der Waals surface area contributed by atoms with Gasteiger partial charge in [0.15, 0.2) is 5.58 Å². The van der Waals surface area contributed by atoms with Crippen molar-refractivity contribution in [1.29, 1.82) is 0 Å². The number of nitrogens with zero attached hydrogens (tertiary/aromatic N) is 1. The zero-order chi connectivity index (χ0) is 14.1. The Bertz CT molecular complexity index is 772. The quantitative estimate of drug-likeness (QED) is 0.784. The molecule has 0 radical (unpaired) electrons. The minimum Gasteiger partial charge on any atom is -0.478 e. The molecule has 0 atom stereocenters. The van der Waals surface area contributed by atoms with Gasteiger partial charge in [-0.05, 0) is 36.2 Å². The van der Waals surface area contributed by atoms with Crippen LogP contribution in [0.1, 0.15) is 22.8 Å². The van der Waals surface area contributed by atoms with Gasteiger partial charge in [0, 0.05) is 5.56 Å². The maximum absolute atomic E-state index is 11.2. The lowest BCUT2D eigenvalue weighted by Gasteiger charge is -1.97. The number of aromatic carboxylic acids is 1. The Kier molecular flexibility index (Phi) is 2.99.